The van der Waals surface area contributed by atoms with E-state index in [2.05, 4.69) is 30.1 Å². The molecule has 6 rings (SSSR count). The molecule has 26 heavy (non-hydrogen) atoms. The van der Waals surface area contributed by atoms with Crippen LogP contribution in [0.15, 0.2) is 18.5 Å². The van der Waals surface area contributed by atoms with E-state index in [-0.39, 0.29) is 0 Å². The first kappa shape index (κ1) is 16.0. The van der Waals surface area contributed by atoms with Crippen LogP contribution in [0, 0.1) is 34.5 Å². The maximum absolute atomic E-state index is 5.98. The fraction of sp³-hybridized carbons (Fsp3) is 0.826. The summed E-state index contributed by atoms with van der Waals surface area (Å²) in [5, 5.41) is 8.21. The zero-order chi connectivity index (χ0) is 17.5. The molecule has 5 aliphatic rings. The van der Waals surface area contributed by atoms with Gasteiger partial charge in [-0.1, -0.05) is 13.8 Å². The molecular formula is C23H32N2O. The predicted molar refractivity (Wildman–Crippen MR) is 101 cm³/mol. The van der Waals surface area contributed by atoms with E-state index < -0.39 is 0 Å². The molecule has 0 N–H and O–H groups in total. The molecule has 0 amide bonds. The second-order valence-electron chi connectivity index (χ2n) is 10.7. The highest BCUT2D eigenvalue weighted by Gasteiger charge is 2.63. The van der Waals surface area contributed by atoms with Crippen LogP contribution in [0.5, 0.6) is 0 Å². The molecule has 3 nitrogen and oxygen atoms in total. The van der Waals surface area contributed by atoms with Gasteiger partial charge in [-0.2, -0.15) is 10.2 Å². The Labute approximate surface area is 157 Å². The number of hydrogen-bond acceptors (Lipinski definition) is 3. The van der Waals surface area contributed by atoms with Gasteiger partial charge in [0.15, 0.2) is 0 Å². The monoisotopic (exact) mass is 352 g/mol. The van der Waals surface area contributed by atoms with E-state index in [1.807, 2.05) is 12.4 Å². The van der Waals surface area contributed by atoms with E-state index in [0.717, 1.165) is 23.7 Å². The fourth-order valence-corrected chi connectivity index (χ4v) is 8.57. The SMILES string of the molecule is C[C@]12CC3O[C@H]3C[C@H]1CC[C@@H]1[C@@H]2CC[C@]2(C)[C@@H](c3ccnnc3)CC[C@@H]12. The molecule has 1 aromatic heterocycles. The smallest absolute Gasteiger partial charge is 0.0847 e. The molecule has 0 bridgehead atoms. The minimum absolute atomic E-state index is 0.473. The maximum Gasteiger partial charge on any atom is 0.0847 e. The summed E-state index contributed by atoms with van der Waals surface area (Å²) in [6, 6.07) is 2.22. The van der Waals surface area contributed by atoms with E-state index in [0.29, 0.717) is 29.0 Å². The van der Waals surface area contributed by atoms with Crippen molar-refractivity contribution in [3.05, 3.63) is 24.0 Å². The Morgan fingerprint density at radius 3 is 2.69 bits per heavy atom. The van der Waals surface area contributed by atoms with Gasteiger partial charge in [-0.15, -0.1) is 0 Å². The number of hydrogen-bond donors (Lipinski definition) is 0. The molecule has 2 heterocycles. The molecule has 0 spiro atoms. The van der Waals surface area contributed by atoms with Crippen molar-refractivity contribution in [3.63, 3.8) is 0 Å². The van der Waals surface area contributed by atoms with Gasteiger partial charge in [0.05, 0.1) is 18.4 Å². The second-order valence-corrected chi connectivity index (χ2v) is 10.7. The summed E-state index contributed by atoms with van der Waals surface area (Å²) in [6.07, 6.45) is 16.4. The van der Waals surface area contributed by atoms with Gasteiger partial charge in [0.2, 0.25) is 0 Å². The maximum atomic E-state index is 5.98. The minimum atomic E-state index is 0.473. The number of ether oxygens (including phenoxy) is 1. The van der Waals surface area contributed by atoms with Crippen LogP contribution in [-0.2, 0) is 4.74 Å². The molecule has 5 fully saturated rings. The van der Waals surface area contributed by atoms with Gasteiger partial charge < -0.3 is 4.74 Å². The van der Waals surface area contributed by atoms with E-state index in [1.54, 1.807) is 0 Å². The first-order chi connectivity index (χ1) is 12.6. The van der Waals surface area contributed by atoms with Crippen molar-refractivity contribution in [3.8, 4) is 0 Å². The molecule has 3 heteroatoms. The lowest BCUT2D eigenvalue weighted by Gasteiger charge is -2.60. The molecule has 140 valence electrons. The molecule has 1 saturated heterocycles. The molecule has 1 aromatic rings. The first-order valence-corrected chi connectivity index (χ1v) is 11.0. The molecule has 1 aliphatic heterocycles. The topological polar surface area (TPSA) is 38.3 Å². The van der Waals surface area contributed by atoms with Gasteiger partial charge in [0.25, 0.3) is 0 Å². The molecule has 0 aromatic carbocycles. The van der Waals surface area contributed by atoms with Crippen molar-refractivity contribution in [1.82, 2.24) is 10.2 Å². The molecule has 9 atom stereocenters. The summed E-state index contributed by atoms with van der Waals surface area (Å²) >= 11 is 0. The van der Waals surface area contributed by atoms with Crippen molar-refractivity contribution < 1.29 is 4.74 Å². The Morgan fingerprint density at radius 1 is 0.962 bits per heavy atom. The van der Waals surface area contributed by atoms with Crippen LogP contribution in [0.1, 0.15) is 76.7 Å². The van der Waals surface area contributed by atoms with Crippen molar-refractivity contribution >= 4 is 0 Å². The normalized spacial score (nSPS) is 54.6. The Balaban J connectivity index is 1.31. The Hall–Kier alpha value is -0.960. The van der Waals surface area contributed by atoms with Gasteiger partial charge in [0, 0.05) is 6.20 Å². The van der Waals surface area contributed by atoms with Crippen molar-refractivity contribution in [2.24, 2.45) is 34.5 Å². The first-order valence-electron chi connectivity index (χ1n) is 11.0. The van der Waals surface area contributed by atoms with Crippen LogP contribution < -0.4 is 0 Å². The van der Waals surface area contributed by atoms with Gasteiger partial charge in [-0.3, -0.25) is 0 Å². The summed E-state index contributed by atoms with van der Waals surface area (Å²) in [6.45, 7) is 5.26. The zero-order valence-corrected chi connectivity index (χ0v) is 16.2. The van der Waals surface area contributed by atoms with E-state index in [4.69, 9.17) is 4.74 Å². The largest absolute Gasteiger partial charge is 0.370 e. The number of fused-ring (bicyclic) bond motifs is 6. The van der Waals surface area contributed by atoms with Crippen LogP contribution in [0.3, 0.4) is 0 Å². The fourth-order valence-electron chi connectivity index (χ4n) is 8.57. The summed E-state index contributed by atoms with van der Waals surface area (Å²) in [5.74, 6) is 4.43. The highest BCUT2D eigenvalue weighted by atomic mass is 16.6. The zero-order valence-electron chi connectivity index (χ0n) is 16.2. The predicted octanol–water partition coefficient (Wildman–Crippen LogP) is 4.98. The van der Waals surface area contributed by atoms with Crippen molar-refractivity contribution in [2.45, 2.75) is 83.3 Å². The third kappa shape index (κ3) is 2.04. The van der Waals surface area contributed by atoms with Gasteiger partial charge in [0.1, 0.15) is 0 Å². The third-order valence-corrected chi connectivity index (χ3v) is 9.92. The van der Waals surface area contributed by atoms with Crippen molar-refractivity contribution in [1.29, 1.82) is 0 Å². The van der Waals surface area contributed by atoms with Gasteiger partial charge in [-0.25, -0.2) is 0 Å². The van der Waals surface area contributed by atoms with E-state index in [9.17, 15) is 0 Å². The Kier molecular flexibility index (Phi) is 3.27. The highest BCUT2D eigenvalue weighted by Crippen LogP contribution is 2.70. The lowest BCUT2D eigenvalue weighted by atomic mass is 9.45. The van der Waals surface area contributed by atoms with Crippen LogP contribution in [0.4, 0.5) is 0 Å². The van der Waals surface area contributed by atoms with Crippen molar-refractivity contribution in [2.75, 3.05) is 0 Å². The quantitative estimate of drug-likeness (QED) is 0.669. The van der Waals surface area contributed by atoms with Crippen LogP contribution in [0.2, 0.25) is 0 Å². The Morgan fingerprint density at radius 2 is 1.85 bits per heavy atom. The summed E-state index contributed by atoms with van der Waals surface area (Å²) in [4.78, 5) is 0. The van der Waals surface area contributed by atoms with Gasteiger partial charge in [-0.05, 0) is 103 Å². The average molecular weight is 353 g/mol. The average Bonchev–Trinajstić information content (AvgIpc) is 3.29. The molecule has 0 radical (unpaired) electrons. The molecule has 1 unspecified atom stereocenters. The molecule has 4 saturated carbocycles. The van der Waals surface area contributed by atoms with E-state index >= 15 is 0 Å². The van der Waals surface area contributed by atoms with E-state index in [1.165, 1.54) is 56.9 Å². The Bertz CT molecular complexity index is 707. The molecule has 4 aliphatic carbocycles. The summed E-state index contributed by atoms with van der Waals surface area (Å²) in [5.41, 5.74) is 2.47. The highest BCUT2D eigenvalue weighted by molar-refractivity contribution is 5.22. The third-order valence-electron chi connectivity index (χ3n) is 9.92. The lowest BCUT2D eigenvalue weighted by Crippen LogP contribution is -2.53. The summed E-state index contributed by atoms with van der Waals surface area (Å²) in [7, 11) is 0. The standard InChI is InChI=1S/C23H32N2O/c1-22-9-7-19-16(4-3-15-11-20-21(26-20)12-23(15,19)2)18(22)6-5-17(22)14-8-10-24-25-13-14/h8,10,13,15-21H,3-7,9,11-12H2,1-2H3/t15-,16+,17-,18+,19+,20+,21?,22-,23+/m1/s1. The second kappa shape index (κ2) is 5.31. The number of aromatic nitrogens is 2. The number of rotatable bonds is 1. The summed E-state index contributed by atoms with van der Waals surface area (Å²) < 4.78 is 5.98. The van der Waals surface area contributed by atoms with Crippen LogP contribution in [0.25, 0.3) is 0 Å². The van der Waals surface area contributed by atoms with Crippen LogP contribution >= 0.6 is 0 Å². The van der Waals surface area contributed by atoms with Gasteiger partial charge >= 0.3 is 0 Å². The minimum Gasteiger partial charge on any atom is -0.370 e. The van der Waals surface area contributed by atoms with Crippen LogP contribution in [-0.4, -0.2) is 22.4 Å². The number of epoxide rings is 1. The molecular weight excluding hydrogens is 320 g/mol. The number of nitrogens with zero attached hydrogens (tertiary/aromatic N) is 2. The lowest BCUT2D eigenvalue weighted by molar-refractivity contribution is -0.101.